The zero-order valence-corrected chi connectivity index (χ0v) is 12.7. The summed E-state index contributed by atoms with van der Waals surface area (Å²) >= 11 is 5.18. The number of nitrogens with one attached hydrogen (secondary N) is 1. The highest BCUT2D eigenvalue weighted by molar-refractivity contribution is 9.10. The zero-order valence-electron chi connectivity index (χ0n) is 10.3. The van der Waals surface area contributed by atoms with E-state index in [0.717, 1.165) is 16.5 Å². The Balaban J connectivity index is 2.23. The largest absolute Gasteiger partial charge is 0.312 e. The fourth-order valence-corrected chi connectivity index (χ4v) is 3.53. The maximum atomic E-state index is 13.1. The molecule has 18 heavy (non-hydrogen) atoms. The van der Waals surface area contributed by atoms with Gasteiger partial charge in [0.25, 0.3) is 0 Å². The van der Waals surface area contributed by atoms with Crippen LogP contribution in [0.3, 0.4) is 0 Å². The van der Waals surface area contributed by atoms with Crippen LogP contribution in [0.15, 0.2) is 34.1 Å². The van der Waals surface area contributed by atoms with Crippen LogP contribution in [0, 0.1) is 12.7 Å². The molecule has 1 aromatic heterocycles. The lowest BCUT2D eigenvalue weighted by Gasteiger charge is -2.17. The third-order valence-corrected chi connectivity index (χ3v) is 4.88. The number of rotatable bonds is 4. The van der Waals surface area contributed by atoms with Gasteiger partial charge in [0, 0.05) is 15.4 Å². The Hall–Kier alpha value is -0.710. The molecule has 0 amide bonds. The standard InChI is InChI=1S/C14H15BrFNS/c1-9-5-6-18-14(9)13(17-2)7-10-3-4-11(16)8-12(10)15/h3-6,8,13,17H,7H2,1-2H3. The third kappa shape index (κ3) is 2.99. The molecule has 2 aromatic rings. The molecule has 1 N–H and O–H groups in total. The molecule has 1 nitrogen and oxygen atoms in total. The van der Waals surface area contributed by atoms with E-state index >= 15 is 0 Å². The van der Waals surface area contributed by atoms with Gasteiger partial charge in [0.2, 0.25) is 0 Å². The van der Waals surface area contributed by atoms with Crippen molar-refractivity contribution in [3.05, 3.63) is 55.9 Å². The van der Waals surface area contributed by atoms with Crippen LogP contribution in [0.5, 0.6) is 0 Å². The summed E-state index contributed by atoms with van der Waals surface area (Å²) in [6.07, 6.45) is 0.846. The molecular weight excluding hydrogens is 313 g/mol. The Morgan fingerprint density at radius 2 is 2.17 bits per heavy atom. The second-order valence-electron chi connectivity index (χ2n) is 4.25. The molecule has 0 radical (unpaired) electrons. The molecule has 0 bridgehead atoms. The monoisotopic (exact) mass is 327 g/mol. The molecule has 2 rings (SSSR count). The molecule has 1 heterocycles. The smallest absolute Gasteiger partial charge is 0.124 e. The Morgan fingerprint density at radius 1 is 1.39 bits per heavy atom. The van der Waals surface area contributed by atoms with Crippen molar-refractivity contribution in [3.8, 4) is 0 Å². The number of hydrogen-bond donors (Lipinski definition) is 1. The normalized spacial score (nSPS) is 12.7. The highest BCUT2D eigenvalue weighted by Crippen LogP contribution is 2.29. The van der Waals surface area contributed by atoms with Gasteiger partial charge in [0.1, 0.15) is 5.82 Å². The van der Waals surface area contributed by atoms with E-state index in [1.807, 2.05) is 13.1 Å². The van der Waals surface area contributed by atoms with Crippen LogP contribution >= 0.6 is 27.3 Å². The Bertz CT molecular complexity index is 538. The molecule has 1 aromatic carbocycles. The van der Waals surface area contributed by atoms with Crippen molar-refractivity contribution in [3.63, 3.8) is 0 Å². The van der Waals surface area contributed by atoms with Crippen LogP contribution in [0.1, 0.15) is 22.0 Å². The average Bonchev–Trinajstić information content (AvgIpc) is 2.75. The number of thiophene rings is 1. The van der Waals surface area contributed by atoms with Gasteiger partial charge in [-0.25, -0.2) is 4.39 Å². The SMILES string of the molecule is CNC(Cc1ccc(F)cc1Br)c1sccc1C. The predicted octanol–water partition coefficient (Wildman–Crippen LogP) is 4.46. The number of hydrogen-bond acceptors (Lipinski definition) is 2. The van der Waals surface area contributed by atoms with Crippen molar-refractivity contribution in [2.45, 2.75) is 19.4 Å². The van der Waals surface area contributed by atoms with Crippen molar-refractivity contribution in [2.24, 2.45) is 0 Å². The summed E-state index contributed by atoms with van der Waals surface area (Å²) in [6, 6.07) is 7.26. The zero-order chi connectivity index (χ0) is 13.1. The second kappa shape index (κ2) is 5.95. The molecule has 1 atom stereocenters. The average molecular weight is 328 g/mol. The number of aryl methyl sites for hydroxylation is 1. The van der Waals surface area contributed by atoms with Gasteiger partial charge in [0.15, 0.2) is 0 Å². The molecule has 1 unspecified atom stereocenters. The number of likely N-dealkylation sites (N-methyl/N-ethyl adjacent to an activating group) is 1. The van der Waals surface area contributed by atoms with Crippen LogP contribution in [-0.4, -0.2) is 7.05 Å². The summed E-state index contributed by atoms with van der Waals surface area (Å²) in [7, 11) is 1.96. The molecule has 4 heteroatoms. The van der Waals surface area contributed by atoms with Crippen LogP contribution < -0.4 is 5.32 Å². The van der Waals surface area contributed by atoms with E-state index in [9.17, 15) is 4.39 Å². The van der Waals surface area contributed by atoms with Crippen LogP contribution in [-0.2, 0) is 6.42 Å². The predicted molar refractivity (Wildman–Crippen MR) is 78.7 cm³/mol. The summed E-state index contributed by atoms with van der Waals surface area (Å²) < 4.78 is 13.9. The molecule has 0 saturated carbocycles. The van der Waals surface area contributed by atoms with Gasteiger partial charge in [-0.05, 0) is 55.1 Å². The highest BCUT2D eigenvalue weighted by atomic mass is 79.9. The first-order valence-electron chi connectivity index (χ1n) is 5.77. The summed E-state index contributed by atoms with van der Waals surface area (Å²) in [5.74, 6) is -0.209. The lowest BCUT2D eigenvalue weighted by molar-refractivity contribution is 0.594. The molecule has 96 valence electrons. The second-order valence-corrected chi connectivity index (χ2v) is 6.05. The molecule has 0 spiro atoms. The molecular formula is C14H15BrFNS. The highest BCUT2D eigenvalue weighted by Gasteiger charge is 2.15. The van der Waals surface area contributed by atoms with Crippen LogP contribution in [0.2, 0.25) is 0 Å². The first-order valence-corrected chi connectivity index (χ1v) is 7.44. The first kappa shape index (κ1) is 13.7. The maximum absolute atomic E-state index is 13.1. The maximum Gasteiger partial charge on any atom is 0.124 e. The van der Waals surface area contributed by atoms with E-state index in [2.05, 4.69) is 39.6 Å². The van der Waals surface area contributed by atoms with E-state index in [-0.39, 0.29) is 11.9 Å². The summed E-state index contributed by atoms with van der Waals surface area (Å²) in [5.41, 5.74) is 2.42. The van der Waals surface area contributed by atoms with E-state index in [1.165, 1.54) is 22.6 Å². The molecule has 0 aliphatic carbocycles. The topological polar surface area (TPSA) is 12.0 Å². The summed E-state index contributed by atoms with van der Waals surface area (Å²) in [4.78, 5) is 1.34. The van der Waals surface area contributed by atoms with Crippen molar-refractivity contribution < 1.29 is 4.39 Å². The van der Waals surface area contributed by atoms with Crippen molar-refractivity contribution in [2.75, 3.05) is 7.05 Å². The van der Waals surface area contributed by atoms with E-state index in [1.54, 1.807) is 11.3 Å². The van der Waals surface area contributed by atoms with E-state index in [4.69, 9.17) is 0 Å². The van der Waals surface area contributed by atoms with Gasteiger partial charge in [-0.15, -0.1) is 11.3 Å². The van der Waals surface area contributed by atoms with E-state index < -0.39 is 0 Å². The van der Waals surface area contributed by atoms with Crippen molar-refractivity contribution >= 4 is 27.3 Å². The minimum absolute atomic E-state index is 0.209. The lowest BCUT2D eigenvalue weighted by atomic mass is 10.0. The van der Waals surface area contributed by atoms with Crippen molar-refractivity contribution in [1.29, 1.82) is 0 Å². The molecule has 0 aliphatic heterocycles. The Kier molecular flexibility index (Phi) is 4.54. The van der Waals surface area contributed by atoms with Gasteiger partial charge >= 0.3 is 0 Å². The third-order valence-electron chi connectivity index (χ3n) is 3.01. The fourth-order valence-electron chi connectivity index (χ4n) is 1.97. The molecule has 0 saturated heterocycles. The van der Waals surface area contributed by atoms with E-state index in [0.29, 0.717) is 0 Å². The molecule has 0 aliphatic rings. The fraction of sp³-hybridized carbons (Fsp3) is 0.286. The quantitative estimate of drug-likeness (QED) is 0.874. The minimum atomic E-state index is -0.209. The van der Waals surface area contributed by atoms with Gasteiger partial charge in [-0.2, -0.15) is 0 Å². The van der Waals surface area contributed by atoms with Gasteiger partial charge < -0.3 is 5.32 Å². The molecule has 0 fully saturated rings. The minimum Gasteiger partial charge on any atom is -0.312 e. The first-order chi connectivity index (χ1) is 8.61. The van der Waals surface area contributed by atoms with Crippen LogP contribution in [0.25, 0.3) is 0 Å². The Morgan fingerprint density at radius 3 is 2.72 bits per heavy atom. The summed E-state index contributed by atoms with van der Waals surface area (Å²) in [6.45, 7) is 2.12. The van der Waals surface area contributed by atoms with Gasteiger partial charge in [-0.1, -0.05) is 22.0 Å². The number of halogens is 2. The summed E-state index contributed by atoms with van der Waals surface area (Å²) in [5, 5.41) is 5.44. The van der Waals surface area contributed by atoms with Crippen LogP contribution in [0.4, 0.5) is 4.39 Å². The van der Waals surface area contributed by atoms with Gasteiger partial charge in [-0.3, -0.25) is 0 Å². The lowest BCUT2D eigenvalue weighted by Crippen LogP contribution is -2.18. The van der Waals surface area contributed by atoms with Gasteiger partial charge in [0.05, 0.1) is 0 Å². The van der Waals surface area contributed by atoms with Crippen molar-refractivity contribution in [1.82, 2.24) is 5.32 Å². The number of benzene rings is 1. The Labute approximate surface area is 119 Å².